The van der Waals surface area contributed by atoms with Gasteiger partial charge in [-0.15, -0.1) is 0 Å². The van der Waals surface area contributed by atoms with Crippen LogP contribution in [0.3, 0.4) is 0 Å². The second kappa shape index (κ2) is 5.87. The third kappa shape index (κ3) is 2.60. The molecule has 2 aromatic rings. The van der Waals surface area contributed by atoms with Gasteiger partial charge >= 0.3 is 0 Å². The molecule has 0 saturated heterocycles. The molecule has 0 aromatic heterocycles. The van der Waals surface area contributed by atoms with Crippen molar-refractivity contribution in [3.8, 4) is 11.5 Å². The second-order valence-corrected chi connectivity index (χ2v) is 5.24. The maximum absolute atomic E-state index is 13.3. The summed E-state index contributed by atoms with van der Waals surface area (Å²) in [7, 11) is 2.98. The van der Waals surface area contributed by atoms with Crippen molar-refractivity contribution in [3.05, 3.63) is 58.7 Å². The first-order valence-corrected chi connectivity index (χ1v) is 7.02. The van der Waals surface area contributed by atoms with Crippen LogP contribution in [-0.4, -0.2) is 25.0 Å². The Morgan fingerprint density at radius 3 is 2.52 bits per heavy atom. The highest BCUT2D eigenvalue weighted by Crippen LogP contribution is 2.38. The van der Waals surface area contributed by atoms with Crippen LogP contribution in [0.1, 0.15) is 21.5 Å². The molecule has 0 radical (unpaired) electrons. The lowest BCUT2D eigenvalue weighted by Crippen LogP contribution is -2.23. The number of rotatable bonds is 4. The van der Waals surface area contributed by atoms with E-state index in [2.05, 4.69) is 0 Å². The fourth-order valence-corrected chi connectivity index (χ4v) is 2.76. The van der Waals surface area contributed by atoms with Gasteiger partial charge in [0, 0.05) is 13.1 Å². The lowest BCUT2D eigenvalue weighted by Gasteiger charge is -2.16. The van der Waals surface area contributed by atoms with Gasteiger partial charge in [0.05, 0.1) is 19.8 Å². The van der Waals surface area contributed by atoms with E-state index in [-0.39, 0.29) is 12.5 Å². The van der Waals surface area contributed by atoms with Gasteiger partial charge in [-0.25, -0.2) is 8.78 Å². The van der Waals surface area contributed by atoms with Crippen molar-refractivity contribution >= 4 is 5.91 Å². The fraction of sp³-hybridized carbons (Fsp3) is 0.235. The van der Waals surface area contributed by atoms with Crippen molar-refractivity contribution < 1.29 is 23.0 Å². The molecule has 2 aromatic carbocycles. The maximum Gasteiger partial charge on any atom is 0.258 e. The lowest BCUT2D eigenvalue weighted by molar-refractivity contribution is 0.0763. The number of carbonyl (C=O) groups excluding carboxylic acids is 1. The Morgan fingerprint density at radius 2 is 1.87 bits per heavy atom. The Kier molecular flexibility index (Phi) is 3.90. The predicted molar refractivity (Wildman–Crippen MR) is 79.5 cm³/mol. The molecule has 1 aliphatic heterocycles. The monoisotopic (exact) mass is 319 g/mol. The Hall–Kier alpha value is -2.63. The molecule has 0 fully saturated rings. The van der Waals surface area contributed by atoms with Crippen LogP contribution in [0.2, 0.25) is 0 Å². The van der Waals surface area contributed by atoms with Crippen LogP contribution in [0.4, 0.5) is 8.78 Å². The molecule has 120 valence electrons. The summed E-state index contributed by atoms with van der Waals surface area (Å²) < 4.78 is 36.8. The molecule has 1 heterocycles. The summed E-state index contributed by atoms with van der Waals surface area (Å²) in [5, 5.41) is 0. The number of carbonyl (C=O) groups is 1. The van der Waals surface area contributed by atoms with Gasteiger partial charge in [-0.2, -0.15) is 0 Å². The molecule has 1 amide bonds. The number of fused-ring (bicyclic) bond motifs is 1. The lowest BCUT2D eigenvalue weighted by atomic mass is 10.1. The number of benzene rings is 2. The number of ether oxygens (including phenoxy) is 2. The molecule has 0 bridgehead atoms. The van der Waals surface area contributed by atoms with Gasteiger partial charge in [-0.1, -0.05) is 12.1 Å². The molecule has 0 unspecified atom stereocenters. The van der Waals surface area contributed by atoms with Gasteiger partial charge < -0.3 is 14.4 Å². The molecule has 0 atom stereocenters. The molecular formula is C17H15F2NO3. The average Bonchev–Trinajstić information content (AvgIpc) is 2.86. The molecule has 6 heteroatoms. The van der Waals surface area contributed by atoms with E-state index in [4.69, 9.17) is 9.47 Å². The Labute approximate surface area is 132 Å². The van der Waals surface area contributed by atoms with Crippen LogP contribution in [0, 0.1) is 11.6 Å². The molecule has 23 heavy (non-hydrogen) atoms. The first-order valence-electron chi connectivity index (χ1n) is 7.02. The summed E-state index contributed by atoms with van der Waals surface area (Å²) in [6.07, 6.45) is 0. The fourth-order valence-electron chi connectivity index (χ4n) is 2.76. The summed E-state index contributed by atoms with van der Waals surface area (Å²) in [6.45, 7) is 0.573. The number of methoxy groups -OCH3 is 2. The third-order valence-corrected chi connectivity index (χ3v) is 3.85. The smallest absolute Gasteiger partial charge is 0.258 e. The number of halogens is 2. The van der Waals surface area contributed by atoms with Gasteiger partial charge in [-0.3, -0.25) is 4.79 Å². The summed E-state index contributed by atoms with van der Waals surface area (Å²) in [5.74, 6) is -1.18. The van der Waals surface area contributed by atoms with Crippen LogP contribution in [0.5, 0.6) is 11.5 Å². The number of amides is 1. The largest absolute Gasteiger partial charge is 0.493 e. The number of hydrogen-bond donors (Lipinski definition) is 0. The predicted octanol–water partition coefficient (Wildman–Crippen LogP) is 3.14. The SMILES string of the molecule is COc1ccc2c(c1OC)C(=O)N(Cc1ccc(F)c(F)c1)C2. The number of hydrogen-bond acceptors (Lipinski definition) is 3. The van der Waals surface area contributed by atoms with Gasteiger partial charge in [0.15, 0.2) is 23.1 Å². The Morgan fingerprint density at radius 1 is 1.09 bits per heavy atom. The molecule has 1 aliphatic rings. The summed E-state index contributed by atoms with van der Waals surface area (Å²) in [5.41, 5.74) is 1.79. The summed E-state index contributed by atoms with van der Waals surface area (Å²) in [6, 6.07) is 7.17. The molecule has 0 aliphatic carbocycles. The van der Waals surface area contributed by atoms with E-state index in [1.807, 2.05) is 0 Å². The molecule has 0 spiro atoms. The van der Waals surface area contributed by atoms with E-state index in [0.717, 1.165) is 17.7 Å². The van der Waals surface area contributed by atoms with Gasteiger partial charge in [0.2, 0.25) is 0 Å². The minimum Gasteiger partial charge on any atom is -0.493 e. The minimum atomic E-state index is -0.925. The third-order valence-electron chi connectivity index (χ3n) is 3.85. The normalized spacial score (nSPS) is 13.2. The zero-order valence-electron chi connectivity index (χ0n) is 12.7. The van der Waals surface area contributed by atoms with Gasteiger partial charge in [0.25, 0.3) is 5.91 Å². The highest BCUT2D eigenvalue weighted by molar-refractivity contribution is 6.01. The highest BCUT2D eigenvalue weighted by Gasteiger charge is 2.32. The van der Waals surface area contributed by atoms with Crippen LogP contribution >= 0.6 is 0 Å². The van der Waals surface area contributed by atoms with Crippen LogP contribution < -0.4 is 9.47 Å². The van der Waals surface area contributed by atoms with Crippen LogP contribution in [0.25, 0.3) is 0 Å². The van der Waals surface area contributed by atoms with E-state index >= 15 is 0 Å². The molecule has 3 rings (SSSR count). The number of nitrogens with zero attached hydrogens (tertiary/aromatic N) is 1. The molecule has 4 nitrogen and oxygen atoms in total. The first kappa shape index (κ1) is 15.3. The zero-order chi connectivity index (χ0) is 16.6. The van der Waals surface area contributed by atoms with Crippen LogP contribution in [0.15, 0.2) is 30.3 Å². The van der Waals surface area contributed by atoms with Crippen molar-refractivity contribution in [2.24, 2.45) is 0 Å². The minimum absolute atomic E-state index is 0.191. The van der Waals surface area contributed by atoms with E-state index in [0.29, 0.717) is 29.2 Å². The highest BCUT2D eigenvalue weighted by atomic mass is 19.2. The van der Waals surface area contributed by atoms with Gasteiger partial charge in [0.1, 0.15) is 0 Å². The van der Waals surface area contributed by atoms with Crippen molar-refractivity contribution in [2.45, 2.75) is 13.1 Å². The van der Waals surface area contributed by atoms with E-state index in [1.54, 1.807) is 17.0 Å². The quantitative estimate of drug-likeness (QED) is 0.869. The van der Waals surface area contributed by atoms with Crippen molar-refractivity contribution in [1.82, 2.24) is 4.90 Å². The summed E-state index contributed by atoms with van der Waals surface area (Å²) in [4.78, 5) is 14.2. The van der Waals surface area contributed by atoms with E-state index < -0.39 is 11.6 Å². The first-order chi connectivity index (χ1) is 11.0. The van der Waals surface area contributed by atoms with E-state index in [1.165, 1.54) is 20.3 Å². The Bertz CT molecular complexity index is 777. The average molecular weight is 319 g/mol. The van der Waals surface area contributed by atoms with Gasteiger partial charge in [-0.05, 0) is 29.3 Å². The molecular weight excluding hydrogens is 304 g/mol. The maximum atomic E-state index is 13.3. The van der Waals surface area contributed by atoms with E-state index in [9.17, 15) is 13.6 Å². The summed E-state index contributed by atoms with van der Waals surface area (Å²) >= 11 is 0. The Balaban J connectivity index is 1.90. The van der Waals surface area contributed by atoms with Crippen molar-refractivity contribution in [2.75, 3.05) is 14.2 Å². The zero-order valence-corrected chi connectivity index (χ0v) is 12.7. The molecule has 0 saturated carbocycles. The second-order valence-electron chi connectivity index (χ2n) is 5.24. The van der Waals surface area contributed by atoms with Crippen molar-refractivity contribution in [3.63, 3.8) is 0 Å². The standard InChI is InChI=1S/C17H15F2NO3/c1-22-14-6-4-11-9-20(17(21)15(11)16(14)23-2)8-10-3-5-12(18)13(19)7-10/h3-7H,8-9H2,1-2H3. The van der Waals surface area contributed by atoms with Crippen molar-refractivity contribution in [1.29, 1.82) is 0 Å². The molecule has 0 N–H and O–H groups in total. The topological polar surface area (TPSA) is 38.8 Å². The van der Waals surface area contributed by atoms with Crippen LogP contribution in [-0.2, 0) is 13.1 Å².